The lowest BCUT2D eigenvalue weighted by Crippen LogP contribution is -2.30. The average Bonchev–Trinajstić information content (AvgIpc) is 2.10. The zero-order valence-electron chi connectivity index (χ0n) is 7.46. The quantitative estimate of drug-likeness (QED) is 0.626. The first-order chi connectivity index (χ1) is 5.76. The highest BCUT2D eigenvalue weighted by molar-refractivity contribution is 5.79. The van der Waals surface area contributed by atoms with Crippen LogP contribution in [0.3, 0.4) is 0 Å². The van der Waals surface area contributed by atoms with Gasteiger partial charge in [-0.25, -0.2) is 5.48 Å². The summed E-state index contributed by atoms with van der Waals surface area (Å²) < 4.78 is 0. The number of nitrogens with one attached hydrogen (secondary N) is 1. The van der Waals surface area contributed by atoms with Crippen LogP contribution in [0.1, 0.15) is 26.7 Å². The molecule has 1 atom stereocenters. The maximum atomic E-state index is 11.1. The molecule has 0 saturated carbocycles. The van der Waals surface area contributed by atoms with E-state index < -0.39 is 5.92 Å². The van der Waals surface area contributed by atoms with Gasteiger partial charge in [0.1, 0.15) is 5.92 Å². The fourth-order valence-corrected chi connectivity index (χ4v) is 0.757. The monoisotopic (exact) mass is 170 g/mol. The van der Waals surface area contributed by atoms with Crippen molar-refractivity contribution in [2.45, 2.75) is 26.7 Å². The van der Waals surface area contributed by atoms with Gasteiger partial charge in [0.25, 0.3) is 5.91 Å². The van der Waals surface area contributed by atoms with E-state index in [2.05, 4.69) is 10.3 Å². The number of carbonyl (C=O) groups is 1. The van der Waals surface area contributed by atoms with Crippen LogP contribution in [0, 0.1) is 17.2 Å². The summed E-state index contributed by atoms with van der Waals surface area (Å²) in [5.41, 5.74) is 2.21. The van der Waals surface area contributed by atoms with Crippen molar-refractivity contribution in [2.24, 2.45) is 5.92 Å². The first kappa shape index (κ1) is 10.9. The van der Waals surface area contributed by atoms with E-state index in [-0.39, 0.29) is 5.91 Å². The Hall–Kier alpha value is -1.08. The normalized spacial score (nSPS) is 11.8. The Balaban J connectivity index is 3.79. The molecule has 4 heteroatoms. The van der Waals surface area contributed by atoms with Crippen LogP contribution in [-0.4, -0.2) is 12.5 Å². The lowest BCUT2D eigenvalue weighted by molar-refractivity contribution is -0.135. The van der Waals surface area contributed by atoms with Gasteiger partial charge in [-0.3, -0.25) is 9.63 Å². The maximum absolute atomic E-state index is 11.1. The first-order valence-corrected chi connectivity index (χ1v) is 4.07. The summed E-state index contributed by atoms with van der Waals surface area (Å²) in [6, 6.07) is 1.92. The summed E-state index contributed by atoms with van der Waals surface area (Å²) in [4.78, 5) is 15.7. The molecule has 1 amide bonds. The number of hydrogen-bond acceptors (Lipinski definition) is 3. The van der Waals surface area contributed by atoms with E-state index >= 15 is 0 Å². The molecule has 0 radical (unpaired) electrons. The van der Waals surface area contributed by atoms with Crippen LogP contribution in [0.15, 0.2) is 0 Å². The molecule has 0 aliphatic heterocycles. The third kappa shape index (κ3) is 3.94. The molecule has 0 saturated heterocycles. The lowest BCUT2D eigenvalue weighted by atomic mass is 10.1. The Morgan fingerprint density at radius 3 is 2.75 bits per heavy atom. The number of carbonyl (C=O) groups excluding carboxylic acids is 1. The van der Waals surface area contributed by atoms with Gasteiger partial charge in [0.2, 0.25) is 0 Å². The summed E-state index contributed by atoms with van der Waals surface area (Å²) in [5.74, 6) is -0.928. The van der Waals surface area contributed by atoms with Crippen molar-refractivity contribution in [3.8, 4) is 6.07 Å². The molecule has 0 heterocycles. The van der Waals surface area contributed by atoms with Gasteiger partial charge in [0.15, 0.2) is 0 Å². The van der Waals surface area contributed by atoms with Crippen LogP contribution >= 0.6 is 0 Å². The van der Waals surface area contributed by atoms with E-state index in [1.807, 2.05) is 13.0 Å². The number of nitriles is 1. The summed E-state index contributed by atoms with van der Waals surface area (Å²) in [5, 5.41) is 8.56. The van der Waals surface area contributed by atoms with E-state index in [0.717, 1.165) is 6.42 Å². The summed E-state index contributed by atoms with van der Waals surface area (Å²) in [6.07, 6.45) is 1.40. The third-order valence-corrected chi connectivity index (χ3v) is 1.37. The van der Waals surface area contributed by atoms with E-state index in [1.165, 1.54) is 0 Å². The molecule has 0 rings (SSSR count). The molecule has 1 unspecified atom stereocenters. The number of rotatable bonds is 5. The van der Waals surface area contributed by atoms with Crippen LogP contribution < -0.4 is 5.48 Å². The second-order valence-corrected chi connectivity index (χ2v) is 2.37. The molecule has 0 spiro atoms. The first-order valence-electron chi connectivity index (χ1n) is 4.07. The highest BCUT2D eigenvalue weighted by atomic mass is 16.6. The van der Waals surface area contributed by atoms with E-state index in [4.69, 9.17) is 5.26 Å². The minimum Gasteiger partial charge on any atom is -0.274 e. The van der Waals surface area contributed by atoms with Crippen LogP contribution in [-0.2, 0) is 9.63 Å². The minimum absolute atomic E-state index is 0.346. The molecule has 1 N–H and O–H groups in total. The third-order valence-electron chi connectivity index (χ3n) is 1.37. The number of amides is 1. The lowest BCUT2D eigenvalue weighted by Gasteiger charge is -2.07. The van der Waals surface area contributed by atoms with Gasteiger partial charge in [-0.2, -0.15) is 5.26 Å². The van der Waals surface area contributed by atoms with E-state index in [1.54, 1.807) is 6.92 Å². The molecule has 0 aliphatic rings. The Morgan fingerprint density at radius 1 is 1.67 bits per heavy atom. The molecular weight excluding hydrogens is 156 g/mol. The van der Waals surface area contributed by atoms with Crippen LogP contribution in [0.25, 0.3) is 0 Å². The maximum Gasteiger partial charge on any atom is 0.260 e. The van der Waals surface area contributed by atoms with Crippen molar-refractivity contribution in [1.29, 1.82) is 5.26 Å². The van der Waals surface area contributed by atoms with Crippen molar-refractivity contribution in [2.75, 3.05) is 6.61 Å². The van der Waals surface area contributed by atoms with Gasteiger partial charge in [-0.15, -0.1) is 0 Å². The number of hydroxylamine groups is 1. The van der Waals surface area contributed by atoms with Gasteiger partial charge in [0.05, 0.1) is 12.7 Å². The van der Waals surface area contributed by atoms with Gasteiger partial charge < -0.3 is 0 Å². The molecule has 0 aliphatic carbocycles. The summed E-state index contributed by atoms with van der Waals surface area (Å²) in [7, 11) is 0. The van der Waals surface area contributed by atoms with Crippen molar-refractivity contribution in [3.63, 3.8) is 0 Å². The molecular formula is C8H14N2O2. The SMILES string of the molecule is CCCC(C#N)C(=O)NOCC. The molecule has 0 aromatic rings. The topological polar surface area (TPSA) is 62.1 Å². The Labute approximate surface area is 72.5 Å². The van der Waals surface area contributed by atoms with Gasteiger partial charge in [0, 0.05) is 0 Å². The van der Waals surface area contributed by atoms with Crippen molar-refractivity contribution >= 4 is 5.91 Å². The zero-order valence-corrected chi connectivity index (χ0v) is 7.46. The van der Waals surface area contributed by atoms with Crippen molar-refractivity contribution in [3.05, 3.63) is 0 Å². The molecule has 0 fully saturated rings. The zero-order chi connectivity index (χ0) is 9.40. The van der Waals surface area contributed by atoms with Crippen LogP contribution in [0.5, 0.6) is 0 Å². The highest BCUT2D eigenvalue weighted by Crippen LogP contribution is 2.04. The summed E-state index contributed by atoms with van der Waals surface area (Å²) >= 11 is 0. The Bertz CT molecular complexity index is 174. The van der Waals surface area contributed by atoms with Gasteiger partial charge >= 0.3 is 0 Å². The minimum atomic E-state index is -0.582. The van der Waals surface area contributed by atoms with Crippen LogP contribution in [0.2, 0.25) is 0 Å². The highest BCUT2D eigenvalue weighted by Gasteiger charge is 2.15. The molecule has 0 bridgehead atoms. The van der Waals surface area contributed by atoms with Crippen LogP contribution in [0.4, 0.5) is 0 Å². The van der Waals surface area contributed by atoms with E-state index in [9.17, 15) is 4.79 Å². The molecule has 68 valence electrons. The fraction of sp³-hybridized carbons (Fsp3) is 0.750. The molecule has 12 heavy (non-hydrogen) atoms. The average molecular weight is 170 g/mol. The second-order valence-electron chi connectivity index (χ2n) is 2.37. The number of nitrogens with zero attached hydrogens (tertiary/aromatic N) is 1. The van der Waals surface area contributed by atoms with E-state index in [0.29, 0.717) is 13.0 Å². The predicted molar refractivity (Wildman–Crippen MR) is 43.8 cm³/mol. The number of hydrogen-bond donors (Lipinski definition) is 1. The smallest absolute Gasteiger partial charge is 0.260 e. The predicted octanol–water partition coefficient (Wildman–Crippen LogP) is 0.994. The fourth-order valence-electron chi connectivity index (χ4n) is 0.757. The largest absolute Gasteiger partial charge is 0.274 e. The van der Waals surface area contributed by atoms with Crippen molar-refractivity contribution in [1.82, 2.24) is 5.48 Å². The van der Waals surface area contributed by atoms with Crippen molar-refractivity contribution < 1.29 is 9.63 Å². The Kier molecular flexibility index (Phi) is 6.02. The Morgan fingerprint density at radius 2 is 2.33 bits per heavy atom. The second kappa shape index (κ2) is 6.62. The molecule has 0 aromatic heterocycles. The van der Waals surface area contributed by atoms with Gasteiger partial charge in [-0.05, 0) is 13.3 Å². The van der Waals surface area contributed by atoms with Gasteiger partial charge in [-0.1, -0.05) is 13.3 Å². The summed E-state index contributed by atoms with van der Waals surface area (Å²) in [6.45, 7) is 4.11. The molecule has 4 nitrogen and oxygen atoms in total. The molecule has 0 aromatic carbocycles. The standard InChI is InChI=1S/C8H14N2O2/c1-3-5-7(6-9)8(11)10-12-4-2/h7H,3-5H2,1-2H3,(H,10,11).